The van der Waals surface area contributed by atoms with Crippen molar-refractivity contribution < 1.29 is 47.8 Å². The molecule has 0 bridgehead atoms. The third-order valence-corrected chi connectivity index (χ3v) is 5.36. The number of benzene rings is 2. The molecule has 11 heteroatoms. The van der Waals surface area contributed by atoms with Crippen LogP contribution in [0.2, 0.25) is 0 Å². The smallest absolute Gasteiger partial charge is 0.472 e. The Morgan fingerprint density at radius 1 is 0.971 bits per heavy atom. The van der Waals surface area contributed by atoms with Gasteiger partial charge in [0, 0.05) is 6.07 Å². The molecule has 34 heavy (non-hydrogen) atoms. The maximum absolute atomic E-state index is 12.2. The van der Waals surface area contributed by atoms with E-state index < -0.39 is 19.9 Å². The van der Waals surface area contributed by atoms with Gasteiger partial charge in [0.2, 0.25) is 0 Å². The average Bonchev–Trinajstić information content (AvgIpc) is 2.69. The van der Waals surface area contributed by atoms with Crippen LogP contribution in [-0.2, 0) is 18.4 Å². The molecule has 2 aromatic carbocycles. The van der Waals surface area contributed by atoms with Crippen molar-refractivity contribution in [2.24, 2.45) is 0 Å². The largest absolute Gasteiger partial charge is 0.870 e. The van der Waals surface area contributed by atoms with Crippen LogP contribution in [0, 0.1) is 0 Å². The van der Waals surface area contributed by atoms with Crippen molar-refractivity contribution in [1.29, 1.82) is 0 Å². The van der Waals surface area contributed by atoms with E-state index in [1.165, 1.54) is 0 Å². The number of unbranched alkanes of at least 4 members (excludes halogenated alkanes) is 1. The highest BCUT2D eigenvalue weighted by molar-refractivity contribution is 7.47. The number of rotatable bonds is 15. The van der Waals surface area contributed by atoms with Gasteiger partial charge in [0.05, 0.1) is 40.8 Å². The van der Waals surface area contributed by atoms with Crippen LogP contribution in [0.5, 0.6) is 17.2 Å². The van der Waals surface area contributed by atoms with Gasteiger partial charge in [-0.2, -0.15) is 0 Å². The fourth-order valence-corrected chi connectivity index (χ4v) is 3.92. The van der Waals surface area contributed by atoms with Crippen molar-refractivity contribution in [3.63, 3.8) is 0 Å². The molecule has 0 radical (unpaired) electrons. The lowest BCUT2D eigenvalue weighted by atomic mass is 10.2. The van der Waals surface area contributed by atoms with Crippen molar-refractivity contribution >= 4 is 13.8 Å². The molecule has 0 spiro atoms. The lowest BCUT2D eigenvalue weighted by Crippen LogP contribution is -2.42. The van der Waals surface area contributed by atoms with Gasteiger partial charge in [0.25, 0.3) is 0 Å². The second kappa shape index (κ2) is 14.1. The molecule has 10 nitrogen and oxygen atoms in total. The fourth-order valence-electron chi connectivity index (χ4n) is 2.99. The van der Waals surface area contributed by atoms with Gasteiger partial charge < -0.3 is 29.4 Å². The third kappa shape index (κ3) is 12.7. The van der Waals surface area contributed by atoms with Crippen molar-refractivity contribution in [3.05, 3.63) is 54.6 Å². The number of aliphatic carboxylic acids is 1. The van der Waals surface area contributed by atoms with Gasteiger partial charge in [0.15, 0.2) is 0 Å². The Hall–Kier alpha value is -2.46. The molecule has 1 unspecified atom stereocenters. The third-order valence-electron chi connectivity index (χ3n) is 4.28. The van der Waals surface area contributed by atoms with Gasteiger partial charge in [-0.3, -0.25) is 13.8 Å². The molecule has 2 rings (SSSR count). The van der Waals surface area contributed by atoms with Crippen molar-refractivity contribution in [2.75, 3.05) is 40.9 Å². The molecule has 0 aliphatic heterocycles. The van der Waals surface area contributed by atoms with E-state index >= 15 is 0 Å². The molecule has 0 aliphatic rings. The molecule has 0 amide bonds. The Bertz CT molecular complexity index is 918. The Labute approximate surface area is 200 Å². The molecule has 0 aliphatic carbocycles. The van der Waals surface area contributed by atoms with Crippen molar-refractivity contribution in [3.8, 4) is 17.2 Å². The molecule has 0 fully saturated rings. The van der Waals surface area contributed by atoms with Gasteiger partial charge in [-0.25, -0.2) is 4.57 Å². The molecule has 0 saturated carbocycles. The van der Waals surface area contributed by atoms with Gasteiger partial charge in [-0.15, -0.1) is 0 Å². The first-order valence-corrected chi connectivity index (χ1v) is 12.2. The van der Waals surface area contributed by atoms with Crippen molar-refractivity contribution in [2.45, 2.75) is 25.4 Å². The molecule has 3 N–H and O–H groups in total. The zero-order valence-corrected chi connectivity index (χ0v) is 20.6. The van der Waals surface area contributed by atoms with Crippen LogP contribution >= 0.6 is 7.82 Å². The van der Waals surface area contributed by atoms with Crippen LogP contribution < -0.4 is 9.47 Å². The Morgan fingerprint density at radius 2 is 1.59 bits per heavy atom. The first-order chi connectivity index (χ1) is 15.5. The van der Waals surface area contributed by atoms with E-state index in [-0.39, 0.29) is 25.0 Å². The maximum Gasteiger partial charge on any atom is 0.472 e. The summed E-state index contributed by atoms with van der Waals surface area (Å²) in [5.41, 5.74) is 0. The number of phosphoric acid groups is 1. The fraction of sp³-hybridized carbons (Fsp3) is 0.435. The number of carboxylic acid groups (broad SMARTS) is 1. The van der Waals surface area contributed by atoms with E-state index in [0.29, 0.717) is 35.4 Å². The summed E-state index contributed by atoms with van der Waals surface area (Å²) >= 11 is 0. The predicted molar refractivity (Wildman–Crippen MR) is 125 cm³/mol. The minimum Gasteiger partial charge on any atom is -0.870 e. The highest BCUT2D eigenvalue weighted by atomic mass is 31.2. The lowest BCUT2D eigenvalue weighted by Gasteiger charge is -2.29. The molecule has 0 saturated heterocycles. The number of carboxylic acids is 1. The number of carbonyl (C=O) groups is 1. The molecular formula is C23H34NO9P. The molecule has 0 heterocycles. The average molecular weight is 499 g/mol. The van der Waals surface area contributed by atoms with E-state index in [2.05, 4.69) is 0 Å². The van der Waals surface area contributed by atoms with Gasteiger partial charge >= 0.3 is 13.8 Å². The van der Waals surface area contributed by atoms with E-state index in [4.69, 9.17) is 23.6 Å². The summed E-state index contributed by atoms with van der Waals surface area (Å²) in [6.45, 7) is 0.622. The molecule has 2 aromatic rings. The van der Waals surface area contributed by atoms with Crippen LogP contribution in [0.25, 0.3) is 0 Å². The Balaban J connectivity index is 0.00000578. The molecular weight excluding hydrogens is 465 g/mol. The topological polar surface area (TPSA) is 142 Å². The van der Waals surface area contributed by atoms with E-state index in [1.54, 1.807) is 6.07 Å². The summed E-state index contributed by atoms with van der Waals surface area (Å²) in [5.74, 6) is 0.931. The summed E-state index contributed by atoms with van der Waals surface area (Å²) in [5, 5.41) is 9.01. The van der Waals surface area contributed by atoms with Crippen LogP contribution in [0.4, 0.5) is 0 Å². The normalized spacial score (nSPS) is 13.9. The summed E-state index contributed by atoms with van der Waals surface area (Å²) in [4.78, 5) is 21.0. The second-order valence-electron chi connectivity index (χ2n) is 8.55. The van der Waals surface area contributed by atoms with Crippen molar-refractivity contribution in [1.82, 2.24) is 0 Å². The zero-order valence-electron chi connectivity index (χ0n) is 19.7. The number of ether oxygens (including phenoxy) is 2. The number of phosphoric ester groups is 1. The first kappa shape index (κ1) is 29.6. The zero-order chi connectivity index (χ0) is 24.3. The van der Waals surface area contributed by atoms with Gasteiger partial charge in [-0.1, -0.05) is 24.3 Å². The first-order valence-electron chi connectivity index (χ1n) is 10.7. The minimum absolute atomic E-state index is 0. The Kier molecular flexibility index (Phi) is 12.2. The second-order valence-corrected chi connectivity index (χ2v) is 9.95. The number of hydrogen-bond donors (Lipinski definition) is 2. The van der Waals surface area contributed by atoms with Crippen LogP contribution in [-0.4, -0.2) is 72.9 Å². The van der Waals surface area contributed by atoms with E-state index in [9.17, 15) is 14.3 Å². The molecule has 0 aromatic heterocycles. The maximum atomic E-state index is 12.2. The quantitative estimate of drug-likeness (QED) is 0.210. The minimum atomic E-state index is -4.37. The van der Waals surface area contributed by atoms with Crippen LogP contribution in [0.15, 0.2) is 54.6 Å². The number of quaternary nitrogens is 1. The highest BCUT2D eigenvalue weighted by Gasteiger charge is 2.31. The van der Waals surface area contributed by atoms with E-state index in [1.807, 2.05) is 69.7 Å². The number of para-hydroxylation sites is 1. The molecule has 2 atom stereocenters. The van der Waals surface area contributed by atoms with Gasteiger partial charge in [0.1, 0.15) is 29.9 Å². The van der Waals surface area contributed by atoms with Crippen LogP contribution in [0.1, 0.15) is 19.3 Å². The number of likely N-dealkylation sites (N-methyl/N-ethyl adjacent to an activating group) is 1. The SMILES string of the molecule is C[N+](C)(C)C[C@@H](CC(=O)O)OP(=O)(O)OCCCCOc1cccc(Oc2ccccc2)c1.[OH-]. The van der Waals surface area contributed by atoms with E-state index in [0.717, 1.165) is 5.75 Å². The number of nitrogens with zero attached hydrogens (tertiary/aromatic N) is 1. The lowest BCUT2D eigenvalue weighted by molar-refractivity contribution is -0.873. The summed E-state index contributed by atoms with van der Waals surface area (Å²) in [7, 11) is 1.15. The predicted octanol–water partition coefficient (Wildman–Crippen LogP) is 4.14. The highest BCUT2D eigenvalue weighted by Crippen LogP contribution is 2.45. The van der Waals surface area contributed by atoms with Crippen LogP contribution in [0.3, 0.4) is 0 Å². The number of hydrogen-bond acceptors (Lipinski definition) is 7. The summed E-state index contributed by atoms with van der Waals surface area (Å²) in [6.07, 6.45) is -0.273. The summed E-state index contributed by atoms with van der Waals surface area (Å²) < 4.78 is 34.2. The molecule has 190 valence electrons. The Morgan fingerprint density at radius 3 is 2.24 bits per heavy atom. The van der Waals surface area contributed by atoms with Gasteiger partial charge in [-0.05, 0) is 37.1 Å². The monoisotopic (exact) mass is 499 g/mol. The summed E-state index contributed by atoms with van der Waals surface area (Å²) in [6, 6.07) is 16.7. The standard InChI is InChI=1S/C23H32NO8P.H2O/c1-24(2,3)18-22(17-23(25)26)32-33(27,28)30-15-8-7-14-29-20-12-9-13-21(16-20)31-19-10-5-4-6-11-19;/h4-6,9-13,16,22H,7-8,14-15,17-18H2,1-3H3,(H-,25,26,27,28);1H2/t22-;/m1./s1.